The van der Waals surface area contributed by atoms with Crippen molar-refractivity contribution in [2.45, 2.75) is 39.3 Å². The van der Waals surface area contributed by atoms with Crippen molar-refractivity contribution >= 4 is 17.3 Å². The summed E-state index contributed by atoms with van der Waals surface area (Å²) in [7, 11) is 0. The minimum atomic E-state index is -4.37. The van der Waals surface area contributed by atoms with E-state index in [1.54, 1.807) is 0 Å². The normalized spacial score (nSPS) is 12.5. The fraction of sp³-hybridized carbons (Fsp3) is 0.733. The Balaban J connectivity index is 2.33. The number of nitrogens with zero attached hydrogens (tertiary/aromatic N) is 2. The lowest BCUT2D eigenvalue weighted by Crippen LogP contribution is -2.38. The van der Waals surface area contributed by atoms with Crippen molar-refractivity contribution in [3.8, 4) is 0 Å². The number of alkyl halides is 3. The van der Waals surface area contributed by atoms with Gasteiger partial charge in [0.05, 0.1) is 5.01 Å². The Morgan fingerprint density at radius 1 is 1.29 bits per heavy atom. The number of aromatic nitrogens is 1. The molecule has 0 bridgehead atoms. The molecule has 0 radical (unpaired) electrons. The van der Waals surface area contributed by atoms with Crippen molar-refractivity contribution in [2.24, 2.45) is 4.99 Å². The fourth-order valence-corrected chi connectivity index (χ4v) is 2.64. The van der Waals surface area contributed by atoms with Crippen LogP contribution < -0.4 is 10.6 Å². The van der Waals surface area contributed by atoms with Crippen molar-refractivity contribution in [1.29, 1.82) is 0 Å². The summed E-state index contributed by atoms with van der Waals surface area (Å²) in [5.41, 5.74) is -0.822. The van der Waals surface area contributed by atoms with Gasteiger partial charge in [0.15, 0.2) is 11.7 Å². The van der Waals surface area contributed by atoms with Crippen molar-refractivity contribution in [3.05, 3.63) is 16.1 Å². The molecule has 2 N–H and O–H groups in total. The molecule has 0 amide bonds. The van der Waals surface area contributed by atoms with E-state index < -0.39 is 11.9 Å². The van der Waals surface area contributed by atoms with Gasteiger partial charge >= 0.3 is 6.18 Å². The highest BCUT2D eigenvalue weighted by atomic mass is 32.1. The molecular weight excluding hydrogens is 341 g/mol. The Kier molecular flexibility index (Phi) is 9.70. The highest BCUT2D eigenvalue weighted by molar-refractivity contribution is 7.09. The van der Waals surface area contributed by atoms with Crippen molar-refractivity contribution in [3.63, 3.8) is 0 Å². The number of rotatable bonds is 10. The Bertz CT molecular complexity index is 491. The lowest BCUT2D eigenvalue weighted by atomic mass is 10.3. The molecule has 1 heterocycles. The van der Waals surface area contributed by atoms with Crippen LogP contribution in [-0.2, 0) is 17.3 Å². The molecular formula is C15H25F3N4OS. The van der Waals surface area contributed by atoms with E-state index in [0.29, 0.717) is 30.5 Å². The number of ether oxygens (including phenoxy) is 1. The third kappa shape index (κ3) is 8.49. The van der Waals surface area contributed by atoms with E-state index in [4.69, 9.17) is 4.74 Å². The van der Waals surface area contributed by atoms with Gasteiger partial charge in [-0.25, -0.2) is 4.98 Å². The Morgan fingerprint density at radius 2 is 2.08 bits per heavy atom. The number of nitrogens with one attached hydrogen (secondary N) is 2. The second-order valence-electron chi connectivity index (χ2n) is 4.97. The summed E-state index contributed by atoms with van der Waals surface area (Å²) in [6.07, 6.45) is -2.07. The van der Waals surface area contributed by atoms with Gasteiger partial charge in [0.1, 0.15) is 0 Å². The minimum absolute atomic E-state index is 0.426. The first-order valence-corrected chi connectivity index (χ1v) is 8.96. The van der Waals surface area contributed by atoms with Gasteiger partial charge in [-0.15, -0.1) is 11.3 Å². The van der Waals surface area contributed by atoms with Gasteiger partial charge in [-0.1, -0.05) is 0 Å². The number of guanidine groups is 1. The summed E-state index contributed by atoms with van der Waals surface area (Å²) in [6.45, 7) is 7.27. The molecule has 0 aromatic carbocycles. The predicted octanol–water partition coefficient (Wildman–Crippen LogP) is 3.08. The van der Waals surface area contributed by atoms with E-state index in [1.807, 2.05) is 13.8 Å². The molecule has 0 atom stereocenters. The first kappa shape index (κ1) is 20.7. The summed E-state index contributed by atoms with van der Waals surface area (Å²) < 4.78 is 42.7. The molecule has 1 aromatic heterocycles. The average Bonchev–Trinajstić information content (AvgIpc) is 3.00. The minimum Gasteiger partial charge on any atom is -0.382 e. The van der Waals surface area contributed by atoms with E-state index in [9.17, 15) is 13.2 Å². The third-order valence-corrected chi connectivity index (χ3v) is 3.90. The molecule has 138 valence electrons. The fourth-order valence-electron chi connectivity index (χ4n) is 1.84. The number of hydrogen-bond acceptors (Lipinski definition) is 4. The number of hydrogen-bond donors (Lipinski definition) is 2. The molecule has 5 nitrogen and oxygen atoms in total. The van der Waals surface area contributed by atoms with Crippen LogP contribution in [0.4, 0.5) is 13.2 Å². The van der Waals surface area contributed by atoms with Crippen LogP contribution in [0.2, 0.25) is 0 Å². The molecule has 0 fully saturated rings. The highest BCUT2D eigenvalue weighted by Gasteiger charge is 2.33. The standard InChI is InChI=1S/C15H25F3N4OS/c1-3-19-14(20-8-5-6-10-23-4-2)21-9-7-13-22-12(11-24-13)15(16,17)18/h11H,3-10H2,1-2H3,(H2,19,20,21). The van der Waals surface area contributed by atoms with Crippen LogP contribution in [0.3, 0.4) is 0 Å². The zero-order chi connectivity index (χ0) is 17.8. The zero-order valence-corrected chi connectivity index (χ0v) is 14.9. The molecule has 1 rings (SSSR count). The molecule has 0 aliphatic heterocycles. The first-order valence-electron chi connectivity index (χ1n) is 8.08. The Hall–Kier alpha value is -1.35. The highest BCUT2D eigenvalue weighted by Crippen LogP contribution is 2.29. The Morgan fingerprint density at radius 3 is 2.71 bits per heavy atom. The molecule has 9 heteroatoms. The van der Waals surface area contributed by atoms with Gasteiger partial charge in [0.25, 0.3) is 0 Å². The van der Waals surface area contributed by atoms with E-state index in [-0.39, 0.29) is 0 Å². The van der Waals surface area contributed by atoms with Gasteiger partial charge in [-0.2, -0.15) is 13.2 Å². The summed E-state index contributed by atoms with van der Waals surface area (Å²) in [4.78, 5) is 8.04. The number of unbranched alkanes of at least 4 members (excludes halogenated alkanes) is 1. The summed E-state index contributed by atoms with van der Waals surface area (Å²) in [5.74, 6) is 0.668. The number of halogens is 3. The largest absolute Gasteiger partial charge is 0.434 e. The lowest BCUT2D eigenvalue weighted by molar-refractivity contribution is -0.140. The number of aliphatic imine (C=N–C) groups is 1. The molecule has 0 saturated carbocycles. The maximum absolute atomic E-state index is 12.5. The topological polar surface area (TPSA) is 58.5 Å². The number of thiazole rings is 1. The zero-order valence-electron chi connectivity index (χ0n) is 14.1. The van der Waals surface area contributed by atoms with E-state index in [1.165, 1.54) is 0 Å². The molecule has 1 aromatic rings. The molecule has 0 aliphatic rings. The third-order valence-electron chi connectivity index (χ3n) is 2.99. The van der Waals surface area contributed by atoms with Crippen LogP contribution >= 0.6 is 11.3 Å². The molecule has 0 aliphatic carbocycles. The van der Waals surface area contributed by atoms with Crippen LogP contribution in [0.25, 0.3) is 0 Å². The summed E-state index contributed by atoms with van der Waals surface area (Å²) >= 11 is 1.03. The molecule has 24 heavy (non-hydrogen) atoms. The summed E-state index contributed by atoms with van der Waals surface area (Å²) in [6, 6.07) is 0. The summed E-state index contributed by atoms with van der Waals surface area (Å²) in [5, 5.41) is 7.73. The monoisotopic (exact) mass is 366 g/mol. The van der Waals surface area contributed by atoms with Crippen LogP contribution in [0.15, 0.2) is 10.4 Å². The smallest absolute Gasteiger partial charge is 0.382 e. The van der Waals surface area contributed by atoms with Crippen molar-refractivity contribution in [2.75, 3.05) is 32.8 Å². The Labute approximate surface area is 144 Å². The van der Waals surface area contributed by atoms with Crippen LogP contribution in [0.5, 0.6) is 0 Å². The van der Waals surface area contributed by atoms with E-state index >= 15 is 0 Å². The van der Waals surface area contributed by atoms with E-state index in [0.717, 1.165) is 49.3 Å². The van der Waals surface area contributed by atoms with Gasteiger partial charge in [-0.3, -0.25) is 4.99 Å². The predicted molar refractivity (Wildman–Crippen MR) is 90.5 cm³/mol. The average molecular weight is 366 g/mol. The molecule has 0 unspecified atom stereocenters. The molecule has 0 saturated heterocycles. The van der Waals surface area contributed by atoms with E-state index in [2.05, 4.69) is 20.6 Å². The van der Waals surface area contributed by atoms with Gasteiger partial charge < -0.3 is 15.4 Å². The van der Waals surface area contributed by atoms with Crippen LogP contribution in [0.1, 0.15) is 37.4 Å². The molecule has 0 spiro atoms. The van der Waals surface area contributed by atoms with Crippen LogP contribution in [0, 0.1) is 0 Å². The van der Waals surface area contributed by atoms with Gasteiger partial charge in [-0.05, 0) is 26.7 Å². The van der Waals surface area contributed by atoms with Crippen LogP contribution in [-0.4, -0.2) is 43.8 Å². The first-order chi connectivity index (χ1) is 11.5. The van der Waals surface area contributed by atoms with Gasteiger partial charge in [0, 0.05) is 44.6 Å². The van der Waals surface area contributed by atoms with Crippen molar-refractivity contribution < 1.29 is 17.9 Å². The second-order valence-corrected chi connectivity index (χ2v) is 5.91. The SMILES string of the molecule is CCNC(=NCCCCOCC)NCCc1nc(C(F)(F)F)cs1. The lowest BCUT2D eigenvalue weighted by Gasteiger charge is -2.10. The maximum atomic E-state index is 12.5. The second kappa shape index (κ2) is 11.2. The quantitative estimate of drug-likeness (QED) is 0.380. The van der Waals surface area contributed by atoms with Crippen molar-refractivity contribution in [1.82, 2.24) is 15.6 Å². The van der Waals surface area contributed by atoms with Gasteiger partial charge in [0.2, 0.25) is 0 Å². The maximum Gasteiger partial charge on any atom is 0.434 e.